The lowest BCUT2D eigenvalue weighted by Crippen LogP contribution is -2.18. The number of ether oxygens (including phenoxy) is 1. The minimum Gasteiger partial charge on any atom is -0.390 e. The van der Waals surface area contributed by atoms with Gasteiger partial charge in [0, 0.05) is 18.4 Å². The van der Waals surface area contributed by atoms with Gasteiger partial charge in [-0.05, 0) is 20.8 Å². The molecule has 6 nitrogen and oxygen atoms in total. The first-order valence-electron chi connectivity index (χ1n) is 5.65. The molecule has 0 aliphatic heterocycles. The zero-order valence-corrected chi connectivity index (χ0v) is 11.3. The van der Waals surface area contributed by atoms with Crippen LogP contribution in [0.1, 0.15) is 26.8 Å². The van der Waals surface area contributed by atoms with E-state index in [4.69, 9.17) is 10.5 Å². The monoisotopic (exact) mass is 260 g/mol. The van der Waals surface area contributed by atoms with E-state index >= 15 is 0 Å². The molecule has 0 spiro atoms. The highest BCUT2D eigenvalue weighted by Gasteiger charge is 2.14. The number of anilines is 1. The standard InChI is InChI=1S/C10H20N4O2S/c1-4-16-5-8(15)6-17-10-13-12-9(11)14(10)7(2)3/h7-8,15H,4-6H2,1-3H3,(H2,11,12). The molecule has 1 heterocycles. The van der Waals surface area contributed by atoms with E-state index in [1.807, 2.05) is 25.3 Å². The number of aromatic nitrogens is 3. The highest BCUT2D eigenvalue weighted by molar-refractivity contribution is 7.99. The van der Waals surface area contributed by atoms with Crippen LogP contribution in [0.25, 0.3) is 0 Å². The van der Waals surface area contributed by atoms with Crippen molar-refractivity contribution in [2.75, 3.05) is 24.7 Å². The van der Waals surface area contributed by atoms with Crippen molar-refractivity contribution < 1.29 is 9.84 Å². The molecule has 0 aromatic carbocycles. The van der Waals surface area contributed by atoms with Crippen LogP contribution >= 0.6 is 11.8 Å². The Labute approximate surface area is 106 Å². The minimum absolute atomic E-state index is 0.205. The van der Waals surface area contributed by atoms with Gasteiger partial charge in [0.1, 0.15) is 0 Å². The van der Waals surface area contributed by atoms with Gasteiger partial charge in [-0.3, -0.25) is 4.57 Å². The molecular formula is C10H20N4O2S. The lowest BCUT2D eigenvalue weighted by atomic mass is 10.4. The summed E-state index contributed by atoms with van der Waals surface area (Å²) in [4.78, 5) is 0. The fourth-order valence-electron chi connectivity index (χ4n) is 1.34. The number of nitrogens with zero attached hydrogens (tertiary/aromatic N) is 3. The summed E-state index contributed by atoms with van der Waals surface area (Å²) >= 11 is 1.43. The fourth-order valence-corrected chi connectivity index (χ4v) is 2.32. The van der Waals surface area contributed by atoms with Crippen LogP contribution in [0, 0.1) is 0 Å². The van der Waals surface area contributed by atoms with Gasteiger partial charge < -0.3 is 15.6 Å². The van der Waals surface area contributed by atoms with Crippen LogP contribution in [-0.4, -0.2) is 44.9 Å². The first kappa shape index (κ1) is 14.3. The van der Waals surface area contributed by atoms with Gasteiger partial charge in [-0.15, -0.1) is 10.2 Å². The van der Waals surface area contributed by atoms with Gasteiger partial charge in [0.25, 0.3) is 0 Å². The lowest BCUT2D eigenvalue weighted by molar-refractivity contribution is 0.0551. The molecule has 1 aromatic heterocycles. The van der Waals surface area contributed by atoms with E-state index in [1.54, 1.807) is 0 Å². The molecule has 0 amide bonds. The van der Waals surface area contributed by atoms with Crippen LogP contribution in [-0.2, 0) is 4.74 Å². The molecule has 0 bridgehead atoms. The maximum absolute atomic E-state index is 9.64. The lowest BCUT2D eigenvalue weighted by Gasteiger charge is -2.13. The Morgan fingerprint density at radius 2 is 2.18 bits per heavy atom. The molecule has 7 heteroatoms. The Bertz CT molecular complexity index is 343. The maximum Gasteiger partial charge on any atom is 0.222 e. The van der Waals surface area contributed by atoms with E-state index in [0.29, 0.717) is 24.9 Å². The molecule has 17 heavy (non-hydrogen) atoms. The molecule has 0 aliphatic carbocycles. The third-order valence-corrected chi connectivity index (χ3v) is 3.21. The molecule has 3 N–H and O–H groups in total. The smallest absolute Gasteiger partial charge is 0.222 e. The first-order chi connectivity index (χ1) is 8.06. The van der Waals surface area contributed by atoms with E-state index in [2.05, 4.69) is 10.2 Å². The number of aliphatic hydroxyl groups excluding tert-OH is 1. The Balaban J connectivity index is 2.51. The normalized spacial score (nSPS) is 13.2. The van der Waals surface area contributed by atoms with Crippen LogP contribution in [0.3, 0.4) is 0 Å². The minimum atomic E-state index is -0.501. The van der Waals surface area contributed by atoms with Crippen molar-refractivity contribution in [2.24, 2.45) is 0 Å². The summed E-state index contributed by atoms with van der Waals surface area (Å²) in [6.07, 6.45) is -0.501. The number of nitrogens with two attached hydrogens (primary N) is 1. The van der Waals surface area contributed by atoms with E-state index < -0.39 is 6.10 Å². The van der Waals surface area contributed by atoms with E-state index in [1.165, 1.54) is 11.8 Å². The van der Waals surface area contributed by atoms with Crippen molar-refractivity contribution in [3.8, 4) is 0 Å². The Hall–Kier alpha value is -0.790. The average Bonchev–Trinajstić information content (AvgIpc) is 2.65. The number of nitrogen functional groups attached to an aromatic ring is 1. The Morgan fingerprint density at radius 3 is 2.76 bits per heavy atom. The second-order valence-corrected chi connectivity index (χ2v) is 4.92. The quantitative estimate of drug-likeness (QED) is 0.709. The number of hydrogen-bond donors (Lipinski definition) is 2. The summed E-state index contributed by atoms with van der Waals surface area (Å²) in [6, 6.07) is 0.205. The third kappa shape index (κ3) is 4.18. The summed E-state index contributed by atoms with van der Waals surface area (Å²) in [5.74, 6) is 0.923. The molecule has 0 saturated heterocycles. The zero-order valence-electron chi connectivity index (χ0n) is 10.5. The Kier molecular flexibility index (Phi) is 5.73. The second-order valence-electron chi connectivity index (χ2n) is 3.93. The first-order valence-corrected chi connectivity index (χ1v) is 6.63. The van der Waals surface area contributed by atoms with Crippen LogP contribution in [0.4, 0.5) is 5.95 Å². The molecule has 0 aliphatic rings. The predicted molar refractivity (Wildman–Crippen MR) is 68.0 cm³/mol. The number of hydrogen-bond acceptors (Lipinski definition) is 6. The van der Waals surface area contributed by atoms with Gasteiger partial charge in [-0.1, -0.05) is 11.8 Å². The van der Waals surface area contributed by atoms with E-state index in [-0.39, 0.29) is 6.04 Å². The third-order valence-electron chi connectivity index (χ3n) is 2.13. The van der Waals surface area contributed by atoms with Gasteiger partial charge in [0.05, 0.1) is 12.7 Å². The fraction of sp³-hybridized carbons (Fsp3) is 0.800. The van der Waals surface area contributed by atoms with Gasteiger partial charge >= 0.3 is 0 Å². The molecule has 0 fully saturated rings. The zero-order chi connectivity index (χ0) is 12.8. The largest absolute Gasteiger partial charge is 0.390 e. The van der Waals surface area contributed by atoms with Crippen LogP contribution in [0.2, 0.25) is 0 Å². The highest BCUT2D eigenvalue weighted by atomic mass is 32.2. The van der Waals surface area contributed by atoms with Crippen molar-refractivity contribution in [2.45, 2.75) is 38.1 Å². The molecule has 1 aromatic rings. The summed E-state index contributed by atoms with van der Waals surface area (Å²) < 4.78 is 6.98. The molecule has 1 atom stereocenters. The van der Waals surface area contributed by atoms with Crippen molar-refractivity contribution >= 4 is 17.7 Å². The molecule has 1 unspecified atom stereocenters. The SMILES string of the molecule is CCOCC(O)CSc1nnc(N)n1C(C)C. The van der Waals surface area contributed by atoms with Gasteiger partial charge in [-0.2, -0.15) is 0 Å². The van der Waals surface area contributed by atoms with Gasteiger partial charge in [0.15, 0.2) is 5.16 Å². The van der Waals surface area contributed by atoms with Gasteiger partial charge in [-0.25, -0.2) is 0 Å². The van der Waals surface area contributed by atoms with Crippen molar-refractivity contribution in [1.82, 2.24) is 14.8 Å². The number of aliphatic hydroxyl groups is 1. The molecular weight excluding hydrogens is 240 g/mol. The second kappa shape index (κ2) is 6.83. The van der Waals surface area contributed by atoms with E-state index in [0.717, 1.165) is 5.16 Å². The topological polar surface area (TPSA) is 86.2 Å². The maximum atomic E-state index is 9.64. The van der Waals surface area contributed by atoms with Crippen molar-refractivity contribution in [1.29, 1.82) is 0 Å². The van der Waals surface area contributed by atoms with E-state index in [9.17, 15) is 5.11 Å². The summed E-state index contributed by atoms with van der Waals surface area (Å²) in [6.45, 7) is 6.88. The highest BCUT2D eigenvalue weighted by Crippen LogP contribution is 2.22. The molecule has 0 saturated carbocycles. The predicted octanol–water partition coefficient (Wildman–Crippen LogP) is 0.931. The summed E-state index contributed by atoms with van der Waals surface area (Å²) in [5, 5.41) is 18.2. The van der Waals surface area contributed by atoms with Crippen molar-refractivity contribution in [3.63, 3.8) is 0 Å². The van der Waals surface area contributed by atoms with Crippen LogP contribution in [0.5, 0.6) is 0 Å². The summed E-state index contributed by atoms with van der Waals surface area (Å²) in [7, 11) is 0. The molecule has 0 radical (unpaired) electrons. The van der Waals surface area contributed by atoms with Gasteiger partial charge in [0.2, 0.25) is 5.95 Å². The van der Waals surface area contributed by atoms with Crippen molar-refractivity contribution in [3.05, 3.63) is 0 Å². The number of thioether (sulfide) groups is 1. The average molecular weight is 260 g/mol. The Morgan fingerprint density at radius 1 is 1.47 bits per heavy atom. The summed E-state index contributed by atoms with van der Waals surface area (Å²) in [5.41, 5.74) is 5.72. The molecule has 1 rings (SSSR count). The number of rotatable bonds is 7. The van der Waals surface area contributed by atoms with Crippen LogP contribution in [0.15, 0.2) is 5.16 Å². The van der Waals surface area contributed by atoms with Crippen LogP contribution < -0.4 is 5.73 Å². The molecule has 98 valence electrons.